The Morgan fingerprint density at radius 2 is 2.27 bits per heavy atom. The third-order valence-electron chi connectivity index (χ3n) is 1.91. The first-order valence-corrected chi connectivity index (χ1v) is 5.02. The van der Waals surface area contributed by atoms with Crippen LogP contribution in [0.3, 0.4) is 0 Å². The number of allylic oxidation sites excluding steroid dienone is 1. The van der Waals surface area contributed by atoms with Gasteiger partial charge in [-0.1, -0.05) is 36.2 Å². The van der Waals surface area contributed by atoms with Gasteiger partial charge in [0.05, 0.1) is 18.6 Å². The Morgan fingerprint density at radius 3 is 2.67 bits per heavy atom. The molecule has 0 spiro atoms. The second kappa shape index (κ2) is 4.41. The fourth-order valence-corrected chi connectivity index (χ4v) is 1.47. The summed E-state index contributed by atoms with van der Waals surface area (Å²) in [6.07, 6.45) is 1.68. The molecule has 0 N–H and O–H groups in total. The first-order chi connectivity index (χ1) is 6.90. The molecule has 1 aliphatic rings. The van der Waals surface area contributed by atoms with E-state index in [1.807, 2.05) is 0 Å². The van der Waals surface area contributed by atoms with Crippen LogP contribution in [0, 0.1) is 5.92 Å². The van der Waals surface area contributed by atoms with E-state index >= 15 is 0 Å². The minimum atomic E-state index is -1.51. The number of epoxide rings is 1. The molecule has 1 fully saturated rings. The lowest BCUT2D eigenvalue weighted by Crippen LogP contribution is -2.08. The van der Waals surface area contributed by atoms with Crippen molar-refractivity contribution in [2.75, 3.05) is 7.11 Å². The summed E-state index contributed by atoms with van der Waals surface area (Å²) >= 11 is 11.4. The van der Waals surface area contributed by atoms with E-state index in [0.29, 0.717) is 0 Å². The fourth-order valence-electron chi connectivity index (χ4n) is 1.01. The number of halogens is 2. The molecule has 0 aromatic carbocycles. The van der Waals surface area contributed by atoms with E-state index in [-0.39, 0.29) is 23.3 Å². The summed E-state index contributed by atoms with van der Waals surface area (Å²) in [6.45, 7) is 1.76. The monoisotopic (exact) mass is 252 g/mol. The number of hydrogen-bond acceptors (Lipinski definition) is 4. The molecular formula is C9H10Cl2O4. The van der Waals surface area contributed by atoms with E-state index < -0.39 is 11.0 Å². The zero-order chi connectivity index (χ0) is 11.6. The van der Waals surface area contributed by atoms with E-state index in [1.165, 1.54) is 13.2 Å². The van der Waals surface area contributed by atoms with Gasteiger partial charge in [-0.3, -0.25) is 4.79 Å². The summed E-state index contributed by atoms with van der Waals surface area (Å²) in [6, 6.07) is 0. The summed E-state index contributed by atoms with van der Waals surface area (Å²) in [7, 11) is 1.30. The van der Waals surface area contributed by atoms with E-state index in [4.69, 9.17) is 23.2 Å². The maximum Gasteiger partial charge on any atom is 0.375 e. The largest absolute Gasteiger partial charge is 0.469 e. The van der Waals surface area contributed by atoms with Crippen molar-refractivity contribution in [1.29, 1.82) is 0 Å². The van der Waals surface area contributed by atoms with Crippen LogP contribution < -0.4 is 0 Å². The zero-order valence-corrected chi connectivity index (χ0v) is 9.76. The molecule has 2 unspecified atom stereocenters. The van der Waals surface area contributed by atoms with Crippen LogP contribution in [0.25, 0.3) is 0 Å². The van der Waals surface area contributed by atoms with Crippen molar-refractivity contribution in [3.63, 3.8) is 0 Å². The van der Waals surface area contributed by atoms with E-state index in [0.717, 1.165) is 0 Å². The second-order valence-electron chi connectivity index (χ2n) is 3.26. The predicted octanol–water partition coefficient (Wildman–Crippen LogP) is 1.80. The molecule has 84 valence electrons. The normalized spacial score (nSPS) is 26.9. The van der Waals surface area contributed by atoms with Gasteiger partial charge in [0, 0.05) is 0 Å². The Bertz CT molecular complexity index is 326. The van der Waals surface area contributed by atoms with Gasteiger partial charge in [-0.25, -0.2) is 4.79 Å². The molecule has 0 radical (unpaired) electrons. The van der Waals surface area contributed by atoms with Crippen LogP contribution in [-0.4, -0.2) is 24.1 Å². The Labute approximate surface area is 97.1 Å². The SMILES string of the molecule is COC(=O)CC(C)C=C(Cl)C1(Cl)OC1=O. The van der Waals surface area contributed by atoms with Gasteiger partial charge < -0.3 is 9.47 Å². The van der Waals surface area contributed by atoms with Gasteiger partial charge in [0.2, 0.25) is 0 Å². The highest BCUT2D eigenvalue weighted by Crippen LogP contribution is 2.43. The van der Waals surface area contributed by atoms with Crippen molar-refractivity contribution >= 4 is 35.1 Å². The Morgan fingerprint density at radius 1 is 1.73 bits per heavy atom. The lowest BCUT2D eigenvalue weighted by Gasteiger charge is -2.05. The van der Waals surface area contributed by atoms with Crippen LogP contribution in [-0.2, 0) is 19.1 Å². The lowest BCUT2D eigenvalue weighted by atomic mass is 10.1. The molecule has 1 aliphatic heterocycles. The number of alkyl halides is 1. The summed E-state index contributed by atoms with van der Waals surface area (Å²) in [4.78, 5) is 21.6. The van der Waals surface area contributed by atoms with Gasteiger partial charge in [-0.15, -0.1) is 0 Å². The summed E-state index contributed by atoms with van der Waals surface area (Å²) in [5.74, 6) is -1.09. The number of rotatable bonds is 4. The Hall–Kier alpha value is -0.740. The number of esters is 1. The average Bonchev–Trinajstić information content (AvgIpc) is 2.75. The van der Waals surface area contributed by atoms with Crippen LogP contribution in [0.5, 0.6) is 0 Å². The van der Waals surface area contributed by atoms with Crippen molar-refractivity contribution in [3.05, 3.63) is 11.1 Å². The zero-order valence-electron chi connectivity index (χ0n) is 8.25. The van der Waals surface area contributed by atoms with Crippen LogP contribution in [0.2, 0.25) is 0 Å². The minimum Gasteiger partial charge on any atom is -0.469 e. The number of hydrogen-bond donors (Lipinski definition) is 0. The number of methoxy groups -OCH3 is 1. The predicted molar refractivity (Wildman–Crippen MR) is 54.4 cm³/mol. The van der Waals surface area contributed by atoms with E-state index in [2.05, 4.69) is 9.47 Å². The van der Waals surface area contributed by atoms with Gasteiger partial charge in [-0.05, 0) is 5.92 Å². The van der Waals surface area contributed by atoms with Crippen molar-refractivity contribution in [2.45, 2.75) is 18.4 Å². The van der Waals surface area contributed by atoms with Crippen LogP contribution in [0.4, 0.5) is 0 Å². The maximum atomic E-state index is 10.9. The lowest BCUT2D eigenvalue weighted by molar-refractivity contribution is -0.141. The van der Waals surface area contributed by atoms with Gasteiger partial charge >= 0.3 is 17.0 Å². The quantitative estimate of drug-likeness (QED) is 0.435. The average molecular weight is 253 g/mol. The molecular weight excluding hydrogens is 243 g/mol. The number of carbonyl (C=O) groups is 2. The Kier molecular flexibility index (Phi) is 3.62. The highest BCUT2D eigenvalue weighted by Gasteiger charge is 2.60. The standard InChI is InChI=1S/C9H10Cl2O4/c1-5(4-7(12)14-2)3-6(10)9(11)8(13)15-9/h3,5H,4H2,1-2H3. The summed E-state index contributed by atoms with van der Waals surface area (Å²) < 4.78 is 8.99. The molecule has 1 rings (SSSR count). The molecule has 15 heavy (non-hydrogen) atoms. The van der Waals surface area contributed by atoms with Crippen molar-refractivity contribution in [3.8, 4) is 0 Å². The molecule has 0 bridgehead atoms. The van der Waals surface area contributed by atoms with Crippen LogP contribution in [0.15, 0.2) is 11.1 Å². The minimum absolute atomic E-state index is 0.0885. The highest BCUT2D eigenvalue weighted by molar-refractivity contribution is 6.49. The molecule has 0 amide bonds. The van der Waals surface area contributed by atoms with Gasteiger partial charge in [0.15, 0.2) is 0 Å². The van der Waals surface area contributed by atoms with Gasteiger partial charge in [-0.2, -0.15) is 0 Å². The fraction of sp³-hybridized carbons (Fsp3) is 0.556. The molecule has 1 saturated heterocycles. The molecule has 1 heterocycles. The highest BCUT2D eigenvalue weighted by atomic mass is 35.5. The molecule has 4 nitrogen and oxygen atoms in total. The van der Waals surface area contributed by atoms with Crippen molar-refractivity contribution in [2.24, 2.45) is 5.92 Å². The topological polar surface area (TPSA) is 55.9 Å². The van der Waals surface area contributed by atoms with Crippen molar-refractivity contribution < 1.29 is 19.1 Å². The van der Waals surface area contributed by atoms with E-state index in [9.17, 15) is 9.59 Å². The smallest absolute Gasteiger partial charge is 0.375 e. The molecule has 0 aliphatic carbocycles. The summed E-state index contributed by atoms with van der Waals surface area (Å²) in [5.41, 5.74) is 0. The van der Waals surface area contributed by atoms with Crippen LogP contribution >= 0.6 is 23.2 Å². The van der Waals surface area contributed by atoms with Gasteiger partial charge in [0.25, 0.3) is 0 Å². The molecule has 6 heteroatoms. The first kappa shape index (κ1) is 12.3. The molecule has 0 saturated carbocycles. The number of ether oxygens (including phenoxy) is 2. The summed E-state index contributed by atoms with van der Waals surface area (Å²) in [5, 5.41) is -1.42. The third-order valence-corrected chi connectivity index (χ3v) is 2.83. The molecule has 2 atom stereocenters. The van der Waals surface area contributed by atoms with E-state index in [1.54, 1.807) is 6.92 Å². The maximum absolute atomic E-state index is 10.9. The van der Waals surface area contributed by atoms with Gasteiger partial charge in [0.1, 0.15) is 0 Å². The molecule has 0 aromatic heterocycles. The van der Waals surface area contributed by atoms with Crippen molar-refractivity contribution in [1.82, 2.24) is 0 Å². The molecule has 0 aromatic rings. The van der Waals surface area contributed by atoms with Crippen LogP contribution in [0.1, 0.15) is 13.3 Å². The first-order valence-electron chi connectivity index (χ1n) is 4.27. The number of carbonyl (C=O) groups excluding carboxylic acids is 2. The Balaban J connectivity index is 2.56. The number of cyclic esters (lactones) is 1. The third kappa shape index (κ3) is 2.86. The second-order valence-corrected chi connectivity index (χ2v) is 4.20.